The van der Waals surface area contributed by atoms with Gasteiger partial charge in [0.25, 0.3) is 0 Å². The van der Waals surface area contributed by atoms with E-state index in [4.69, 9.17) is 0 Å². The van der Waals surface area contributed by atoms with Crippen LogP contribution >= 0.6 is 0 Å². The van der Waals surface area contributed by atoms with Gasteiger partial charge in [-0.25, -0.2) is 8.42 Å². The molecule has 2 atom stereocenters. The van der Waals surface area contributed by atoms with E-state index in [9.17, 15) is 13.5 Å². The molecule has 18 heavy (non-hydrogen) atoms. The van der Waals surface area contributed by atoms with E-state index in [0.29, 0.717) is 13.0 Å². The van der Waals surface area contributed by atoms with E-state index in [1.807, 2.05) is 13.8 Å². The van der Waals surface area contributed by atoms with E-state index in [1.165, 1.54) is 6.26 Å². The van der Waals surface area contributed by atoms with Crippen LogP contribution in [0.4, 0.5) is 0 Å². The van der Waals surface area contributed by atoms with Crippen molar-refractivity contribution in [3.05, 3.63) is 0 Å². The average Bonchev–Trinajstić information content (AvgIpc) is 2.35. The smallest absolute Gasteiger partial charge is 0.150 e. The van der Waals surface area contributed by atoms with E-state index < -0.39 is 15.4 Å². The summed E-state index contributed by atoms with van der Waals surface area (Å²) in [7, 11) is -2.93. The number of sulfone groups is 1. The molecule has 0 bridgehead atoms. The summed E-state index contributed by atoms with van der Waals surface area (Å²) in [6, 6.07) is 0.225. The molecule has 0 aromatic rings. The third-order valence-corrected chi connectivity index (χ3v) is 5.91. The summed E-state index contributed by atoms with van der Waals surface area (Å²) in [4.78, 5) is 0. The van der Waals surface area contributed by atoms with Crippen molar-refractivity contribution in [2.24, 2.45) is 0 Å². The highest BCUT2D eigenvalue weighted by Crippen LogP contribution is 2.24. The van der Waals surface area contributed by atoms with Crippen molar-refractivity contribution in [2.45, 2.75) is 69.3 Å². The maximum absolute atomic E-state index is 11.6. The van der Waals surface area contributed by atoms with E-state index in [1.54, 1.807) is 0 Å². The summed E-state index contributed by atoms with van der Waals surface area (Å²) >= 11 is 0. The highest BCUT2D eigenvalue weighted by Gasteiger charge is 2.30. The molecule has 1 rings (SSSR count). The lowest BCUT2D eigenvalue weighted by molar-refractivity contribution is 0.0287. The van der Waals surface area contributed by atoms with Crippen molar-refractivity contribution < 1.29 is 13.5 Å². The number of rotatable bonds is 6. The molecule has 0 radical (unpaired) electrons. The van der Waals surface area contributed by atoms with Gasteiger partial charge in [-0.1, -0.05) is 20.3 Å². The molecule has 0 aromatic heterocycles. The molecular weight excluding hydrogens is 250 g/mol. The third kappa shape index (κ3) is 4.52. The Labute approximate surface area is 111 Å². The van der Waals surface area contributed by atoms with Crippen molar-refractivity contribution in [1.29, 1.82) is 0 Å². The summed E-state index contributed by atoms with van der Waals surface area (Å²) < 4.78 is 23.1. The van der Waals surface area contributed by atoms with Crippen molar-refractivity contribution in [3.63, 3.8) is 0 Å². The largest absolute Gasteiger partial charge is 0.389 e. The maximum Gasteiger partial charge on any atom is 0.150 e. The van der Waals surface area contributed by atoms with Gasteiger partial charge in [0.15, 0.2) is 0 Å². The number of hydrogen-bond donors (Lipinski definition) is 2. The van der Waals surface area contributed by atoms with Crippen LogP contribution in [0, 0.1) is 0 Å². The van der Waals surface area contributed by atoms with E-state index in [-0.39, 0.29) is 11.3 Å². The number of nitrogens with one attached hydrogen (secondary N) is 1. The highest BCUT2D eigenvalue weighted by molar-refractivity contribution is 7.91. The molecule has 1 saturated carbocycles. The van der Waals surface area contributed by atoms with Crippen LogP contribution in [-0.4, -0.2) is 43.2 Å². The molecule has 0 spiro atoms. The Morgan fingerprint density at radius 3 is 2.39 bits per heavy atom. The van der Waals surface area contributed by atoms with Crippen LogP contribution in [0.2, 0.25) is 0 Å². The molecule has 2 N–H and O–H groups in total. The molecule has 0 heterocycles. The molecule has 0 aromatic carbocycles. The molecule has 4 nitrogen and oxygen atoms in total. The minimum absolute atomic E-state index is 0.208. The zero-order chi connectivity index (χ0) is 13.8. The average molecular weight is 277 g/mol. The van der Waals surface area contributed by atoms with Gasteiger partial charge >= 0.3 is 0 Å². The van der Waals surface area contributed by atoms with Crippen LogP contribution in [0.15, 0.2) is 0 Å². The lowest BCUT2D eigenvalue weighted by Crippen LogP contribution is -2.46. The molecule has 1 aliphatic rings. The summed E-state index contributed by atoms with van der Waals surface area (Å²) in [6.45, 7) is 4.51. The normalized spacial score (nSPS) is 26.2. The van der Waals surface area contributed by atoms with Crippen LogP contribution in [-0.2, 0) is 9.84 Å². The van der Waals surface area contributed by atoms with Crippen LogP contribution < -0.4 is 5.32 Å². The number of hydrogen-bond acceptors (Lipinski definition) is 4. The van der Waals surface area contributed by atoms with Crippen molar-refractivity contribution in [1.82, 2.24) is 5.32 Å². The molecule has 1 aliphatic carbocycles. The Bertz CT molecular complexity index is 349. The Hall–Kier alpha value is -0.130. The molecule has 0 amide bonds. The maximum atomic E-state index is 11.6. The third-order valence-electron chi connectivity index (χ3n) is 4.27. The van der Waals surface area contributed by atoms with E-state index in [0.717, 1.165) is 32.1 Å². The van der Waals surface area contributed by atoms with Gasteiger partial charge in [0.1, 0.15) is 9.84 Å². The van der Waals surface area contributed by atoms with E-state index >= 15 is 0 Å². The van der Waals surface area contributed by atoms with Gasteiger partial charge in [-0.3, -0.25) is 0 Å². The zero-order valence-electron chi connectivity index (χ0n) is 11.8. The minimum Gasteiger partial charge on any atom is -0.389 e. The second kappa shape index (κ2) is 6.35. The second-order valence-corrected chi connectivity index (χ2v) is 7.95. The second-order valence-electron chi connectivity index (χ2n) is 5.63. The highest BCUT2D eigenvalue weighted by atomic mass is 32.2. The first-order valence-electron chi connectivity index (χ1n) is 6.95. The van der Waals surface area contributed by atoms with Crippen molar-refractivity contribution in [2.75, 3.05) is 12.8 Å². The van der Waals surface area contributed by atoms with Gasteiger partial charge in [-0.2, -0.15) is 0 Å². The Kier molecular flexibility index (Phi) is 5.62. The fraction of sp³-hybridized carbons (Fsp3) is 1.00. The van der Waals surface area contributed by atoms with Crippen LogP contribution in [0.3, 0.4) is 0 Å². The summed E-state index contributed by atoms with van der Waals surface area (Å²) in [6.07, 6.45) is 6.19. The molecule has 1 fully saturated rings. The fourth-order valence-corrected chi connectivity index (χ4v) is 3.73. The standard InChI is InChI=1S/C13H27NO3S/c1-4-13(15,5-2)10-14-11-7-6-8-12(9-11)18(3,16)17/h11-12,14-15H,4-10H2,1-3H3. The summed E-state index contributed by atoms with van der Waals surface area (Å²) in [5.74, 6) is 0. The Morgan fingerprint density at radius 1 is 1.28 bits per heavy atom. The Morgan fingerprint density at radius 2 is 1.89 bits per heavy atom. The molecule has 108 valence electrons. The van der Waals surface area contributed by atoms with Gasteiger partial charge in [-0.05, 0) is 32.1 Å². The van der Waals surface area contributed by atoms with Crippen LogP contribution in [0.25, 0.3) is 0 Å². The lowest BCUT2D eigenvalue weighted by atomic mass is 9.92. The first-order valence-corrected chi connectivity index (χ1v) is 8.91. The van der Waals surface area contributed by atoms with Gasteiger partial charge < -0.3 is 10.4 Å². The SMILES string of the molecule is CCC(O)(CC)CNC1CCCC(S(C)(=O)=O)C1. The van der Waals surface area contributed by atoms with Crippen LogP contribution in [0.5, 0.6) is 0 Å². The quantitative estimate of drug-likeness (QED) is 0.772. The topological polar surface area (TPSA) is 66.4 Å². The van der Waals surface area contributed by atoms with Gasteiger partial charge in [0.05, 0.1) is 10.9 Å². The summed E-state index contributed by atoms with van der Waals surface area (Å²) in [5.41, 5.74) is -0.655. The number of aliphatic hydroxyl groups is 1. The molecule has 5 heteroatoms. The van der Waals surface area contributed by atoms with Crippen LogP contribution in [0.1, 0.15) is 52.4 Å². The van der Waals surface area contributed by atoms with Gasteiger partial charge in [-0.15, -0.1) is 0 Å². The van der Waals surface area contributed by atoms with Gasteiger partial charge in [0, 0.05) is 18.8 Å². The zero-order valence-corrected chi connectivity index (χ0v) is 12.6. The molecule has 2 unspecified atom stereocenters. The predicted molar refractivity (Wildman–Crippen MR) is 74.4 cm³/mol. The van der Waals surface area contributed by atoms with Gasteiger partial charge in [0.2, 0.25) is 0 Å². The first-order chi connectivity index (χ1) is 8.30. The molecule has 0 aliphatic heterocycles. The Balaban J connectivity index is 2.49. The van der Waals surface area contributed by atoms with Crippen molar-refractivity contribution >= 4 is 9.84 Å². The summed E-state index contributed by atoms with van der Waals surface area (Å²) in [5, 5.41) is 13.3. The first kappa shape index (κ1) is 15.9. The lowest BCUT2D eigenvalue weighted by Gasteiger charge is -2.32. The predicted octanol–water partition coefficient (Wildman–Crippen LogP) is 1.48. The van der Waals surface area contributed by atoms with Crippen molar-refractivity contribution in [3.8, 4) is 0 Å². The molecule has 0 saturated heterocycles. The van der Waals surface area contributed by atoms with E-state index in [2.05, 4.69) is 5.32 Å². The molecular formula is C13H27NO3S. The minimum atomic E-state index is -2.93. The fourth-order valence-electron chi connectivity index (χ4n) is 2.55. The monoisotopic (exact) mass is 277 g/mol.